The fraction of sp³-hybridized carbons (Fsp3) is 0.579. The number of fused-ring (bicyclic) bond motifs is 11. The molecule has 14 nitrogen and oxygen atoms in total. The van der Waals surface area contributed by atoms with Crippen molar-refractivity contribution in [1.29, 1.82) is 0 Å². The number of anilines is 2. The summed E-state index contributed by atoms with van der Waals surface area (Å²) in [5.74, 6) is -2.05. The summed E-state index contributed by atoms with van der Waals surface area (Å²) in [5, 5.41) is 0. The van der Waals surface area contributed by atoms with Crippen LogP contribution in [0.2, 0.25) is 25.7 Å². The van der Waals surface area contributed by atoms with E-state index in [9.17, 15) is 0 Å². The van der Waals surface area contributed by atoms with Gasteiger partial charge in [0.1, 0.15) is 12.3 Å². The summed E-state index contributed by atoms with van der Waals surface area (Å²) in [5.41, 5.74) is -1.43. The lowest BCUT2D eigenvalue weighted by Crippen LogP contribution is -2.76. The molecule has 21 heteroatoms. The van der Waals surface area contributed by atoms with E-state index < -0.39 is 82.6 Å². The third kappa shape index (κ3) is 4.41. The molecule has 8 saturated heterocycles. The number of likely N-dealkylation sites (N-methyl/N-ethyl adjacent to an activating group) is 2. The number of para-hydroxylation sites is 2. The maximum Gasteiger partial charge on any atom is 0.262 e. The van der Waals surface area contributed by atoms with E-state index in [1.54, 1.807) is 71.3 Å². The quantitative estimate of drug-likeness (QED) is 0.269. The minimum absolute atomic E-state index is 0.103. The number of hydrogen-bond donors (Lipinski definition) is 0. The summed E-state index contributed by atoms with van der Waals surface area (Å²) >= 11 is 0. The Bertz CT molecular complexity index is 2560. The Kier molecular flexibility index (Phi) is 8.18. The van der Waals surface area contributed by atoms with Gasteiger partial charge in [0.2, 0.25) is 20.0 Å². The number of carbonyl (C=O) groups excluding carboxylic acids is 4. The Morgan fingerprint density at radius 2 is 1.02 bits per heavy atom. The van der Waals surface area contributed by atoms with E-state index in [4.69, 9.17) is 0 Å². The summed E-state index contributed by atoms with van der Waals surface area (Å²) in [7, 11) is -2.26. The van der Waals surface area contributed by atoms with E-state index >= 15 is 36.0 Å². The number of carbonyl (C=O) groups is 4. The molecule has 0 N–H and O–H groups in total. The van der Waals surface area contributed by atoms with E-state index in [2.05, 4.69) is 19.6 Å². The second-order valence-corrected chi connectivity index (χ2v) is 33.7. The zero-order chi connectivity index (χ0) is 42.5. The van der Waals surface area contributed by atoms with Crippen molar-refractivity contribution >= 4 is 106 Å². The molecule has 12 rings (SSSR count). The van der Waals surface area contributed by atoms with Crippen LogP contribution in [0.5, 0.6) is 0 Å². The number of nitrogens with zero attached hydrogens (tertiary/aromatic N) is 6. The number of amides is 4. The van der Waals surface area contributed by atoms with Gasteiger partial charge < -0.3 is 9.80 Å². The summed E-state index contributed by atoms with van der Waals surface area (Å²) in [6.07, 6.45) is -2.66. The standard InChI is InChI=1S/C38H46N6O8S6Si/c1-9-18-57(49,50)43-25-16-12-10-14-23(25)35(21-37-31(47)39(4)33(2,53-55-37)29(45)41(37)27(35)43)36-22-38-32(48)40(5)34(3,54-56-38)30(46)42(38)28(36)44(26-17-13-11-15-24(26)36)58(51,52)19-20-59(6,7)8/h10-17,27-28H,9,18-22H2,1-8H3/t27-,28-,33-,34-,35-,36?,37-,38-/m0/s1. The van der Waals surface area contributed by atoms with Crippen molar-refractivity contribution in [3.8, 4) is 0 Å². The molecule has 8 fully saturated rings. The molecule has 316 valence electrons. The Hall–Kier alpha value is -2.56. The number of benzene rings is 2. The van der Waals surface area contributed by atoms with E-state index in [0.717, 1.165) is 0 Å². The summed E-state index contributed by atoms with van der Waals surface area (Å²) in [6, 6.07) is 14.7. The SMILES string of the molecule is CCCS(=O)(=O)N1c2ccccc2[C@@]2(C34C[C@@]56SS[C@@](C)(C(=O)N5[C@H]3N(S(=O)(=O)CC[Si](C)(C)C)c3ccccc34)N(C)C6=O)C[C@@]34SS[C@@](C)(C(=O)N3[C@@H]12)N(C)C4=O. The second-order valence-electron chi connectivity index (χ2n) is 18.6. The van der Waals surface area contributed by atoms with E-state index in [1.165, 1.54) is 71.4 Å². The van der Waals surface area contributed by atoms with Crippen LogP contribution in [-0.2, 0) is 50.1 Å². The topological polar surface area (TPSA) is 156 Å². The summed E-state index contributed by atoms with van der Waals surface area (Å²) in [4.78, 5) is 61.0. The molecule has 10 heterocycles. The first kappa shape index (κ1) is 40.5. The van der Waals surface area contributed by atoms with E-state index in [1.807, 2.05) is 12.1 Å². The molecule has 8 atom stereocenters. The zero-order valence-electron chi connectivity index (χ0n) is 33.9. The fourth-order valence-corrected chi connectivity index (χ4v) is 24.8. The average molecular weight is 935 g/mol. The van der Waals surface area contributed by atoms with Crippen molar-refractivity contribution in [2.45, 2.75) is 108 Å². The Balaban J connectivity index is 1.36. The molecule has 4 bridgehead atoms. The molecule has 2 spiro atoms. The second kappa shape index (κ2) is 11.9. The van der Waals surface area contributed by atoms with Gasteiger partial charge in [-0.3, -0.25) is 29.0 Å². The van der Waals surface area contributed by atoms with Gasteiger partial charge in [-0.15, -0.1) is 0 Å². The molecule has 10 aliphatic heterocycles. The van der Waals surface area contributed by atoms with Crippen LogP contribution in [0.3, 0.4) is 0 Å². The Morgan fingerprint density at radius 1 is 0.627 bits per heavy atom. The monoisotopic (exact) mass is 934 g/mol. The lowest BCUT2D eigenvalue weighted by molar-refractivity contribution is -0.164. The minimum Gasteiger partial charge on any atom is -0.319 e. The van der Waals surface area contributed by atoms with Gasteiger partial charge in [0.05, 0.1) is 33.7 Å². The van der Waals surface area contributed by atoms with Crippen molar-refractivity contribution in [1.82, 2.24) is 19.6 Å². The maximum absolute atomic E-state index is 15.4. The van der Waals surface area contributed by atoms with E-state index in [0.29, 0.717) is 28.5 Å². The highest BCUT2D eigenvalue weighted by Crippen LogP contribution is 2.80. The number of piperazine rings is 2. The van der Waals surface area contributed by atoms with Crippen molar-refractivity contribution < 1.29 is 36.0 Å². The molecule has 2 aromatic rings. The predicted molar refractivity (Wildman–Crippen MR) is 236 cm³/mol. The van der Waals surface area contributed by atoms with E-state index in [-0.39, 0.29) is 42.6 Å². The van der Waals surface area contributed by atoms with Crippen LogP contribution >= 0.6 is 43.2 Å². The van der Waals surface area contributed by atoms with Crippen LogP contribution < -0.4 is 8.61 Å². The number of hydrogen-bond acceptors (Lipinski definition) is 12. The molecule has 4 amide bonds. The number of rotatable bonds is 8. The van der Waals surface area contributed by atoms with Crippen molar-refractivity contribution in [3.63, 3.8) is 0 Å². The zero-order valence-corrected chi connectivity index (χ0v) is 39.8. The van der Waals surface area contributed by atoms with Crippen LogP contribution in [0.4, 0.5) is 11.4 Å². The maximum atomic E-state index is 15.4. The van der Waals surface area contributed by atoms with Crippen LogP contribution in [-0.4, -0.2) is 126 Å². The third-order valence-electron chi connectivity index (χ3n) is 14.3. The highest BCUT2D eigenvalue weighted by atomic mass is 33.1. The summed E-state index contributed by atoms with van der Waals surface area (Å²) < 4.78 is 63.7. The molecular formula is C38H46N6O8S6Si. The van der Waals surface area contributed by atoms with Gasteiger partial charge in [-0.2, -0.15) is 0 Å². The normalized spacial score (nSPS) is 38.0. The number of sulfonamides is 2. The van der Waals surface area contributed by atoms with Gasteiger partial charge in [0.25, 0.3) is 23.6 Å². The van der Waals surface area contributed by atoms with Crippen LogP contribution in [0, 0.1) is 0 Å². The van der Waals surface area contributed by atoms with Crippen molar-refractivity contribution in [2.24, 2.45) is 0 Å². The lowest BCUT2D eigenvalue weighted by Gasteiger charge is -2.58. The van der Waals surface area contributed by atoms with Crippen LogP contribution in [0.15, 0.2) is 48.5 Å². The van der Waals surface area contributed by atoms with Gasteiger partial charge in [-0.05, 0) is 49.6 Å². The molecule has 1 unspecified atom stereocenters. The predicted octanol–water partition coefficient (Wildman–Crippen LogP) is 4.59. The summed E-state index contributed by atoms with van der Waals surface area (Å²) in [6.45, 7) is 11.4. The lowest BCUT2D eigenvalue weighted by atomic mass is 9.54. The first-order chi connectivity index (χ1) is 27.5. The van der Waals surface area contributed by atoms with Gasteiger partial charge in [-0.25, -0.2) is 25.4 Å². The van der Waals surface area contributed by atoms with Gasteiger partial charge >= 0.3 is 0 Å². The average Bonchev–Trinajstić information content (AvgIpc) is 3.85. The van der Waals surface area contributed by atoms with Crippen LogP contribution in [0.25, 0.3) is 0 Å². The van der Waals surface area contributed by atoms with Gasteiger partial charge in [0.15, 0.2) is 19.5 Å². The fourth-order valence-electron chi connectivity index (χ4n) is 11.4. The van der Waals surface area contributed by atoms with Gasteiger partial charge in [-0.1, -0.05) is 106 Å². The molecule has 59 heavy (non-hydrogen) atoms. The Morgan fingerprint density at radius 3 is 1.41 bits per heavy atom. The first-order valence-electron chi connectivity index (χ1n) is 19.7. The highest BCUT2D eigenvalue weighted by molar-refractivity contribution is 8.78. The first-order valence-corrected chi connectivity index (χ1v) is 30.9. The molecule has 10 aliphatic rings. The Labute approximate surface area is 361 Å². The molecule has 0 radical (unpaired) electrons. The molecular weight excluding hydrogens is 889 g/mol. The molecule has 0 aliphatic carbocycles. The molecule has 0 aromatic heterocycles. The molecule has 0 saturated carbocycles. The third-order valence-corrected chi connectivity index (χ3v) is 27.5. The van der Waals surface area contributed by atoms with Gasteiger partial charge in [0, 0.05) is 35.0 Å². The molecule has 2 aromatic carbocycles. The minimum atomic E-state index is -4.28. The van der Waals surface area contributed by atoms with Crippen LogP contribution in [0.1, 0.15) is 51.2 Å². The largest absolute Gasteiger partial charge is 0.319 e. The van der Waals surface area contributed by atoms with Crippen molar-refractivity contribution in [2.75, 3.05) is 34.2 Å². The smallest absolute Gasteiger partial charge is 0.262 e. The highest BCUT2D eigenvalue weighted by Gasteiger charge is 2.89. The van der Waals surface area contributed by atoms with Crippen molar-refractivity contribution in [3.05, 3.63) is 59.7 Å².